The van der Waals surface area contributed by atoms with Crippen LogP contribution in [0.1, 0.15) is 23.1 Å². The predicted molar refractivity (Wildman–Crippen MR) is 88.1 cm³/mol. The number of carbonyl (C=O) groups excluding carboxylic acids is 1. The number of ether oxygens (including phenoxy) is 1. The van der Waals surface area contributed by atoms with Crippen LogP contribution >= 0.6 is 0 Å². The first-order chi connectivity index (χ1) is 11.6. The average molecular weight is 326 g/mol. The topological polar surface area (TPSA) is 81.5 Å². The summed E-state index contributed by atoms with van der Waals surface area (Å²) in [6, 6.07) is 16.0. The van der Waals surface area contributed by atoms with Gasteiger partial charge in [0.1, 0.15) is 12.1 Å². The molecule has 2 aromatic rings. The van der Waals surface area contributed by atoms with E-state index in [4.69, 9.17) is 4.74 Å². The molecule has 1 N–H and O–H groups in total. The molecule has 0 spiro atoms. The normalized spacial score (nSPS) is 26.0. The van der Waals surface area contributed by atoms with Crippen LogP contribution in [0.3, 0.4) is 0 Å². The van der Waals surface area contributed by atoms with Gasteiger partial charge in [-0.25, -0.2) is 0 Å². The molecule has 0 bridgehead atoms. The molecule has 124 valence electrons. The molecule has 24 heavy (non-hydrogen) atoms. The summed E-state index contributed by atoms with van der Waals surface area (Å²) in [4.78, 5) is 23.8. The zero-order valence-corrected chi connectivity index (χ0v) is 13.2. The third kappa shape index (κ3) is 2.88. The molecule has 1 aliphatic heterocycles. The second-order valence-electron chi connectivity index (χ2n) is 5.77. The summed E-state index contributed by atoms with van der Waals surface area (Å²) in [7, 11) is 1.29. The van der Waals surface area contributed by atoms with Crippen LogP contribution in [-0.4, -0.2) is 30.1 Å². The fraction of sp³-hybridized carbons (Fsp3) is 0.278. The first-order valence-corrected chi connectivity index (χ1v) is 7.70. The number of methoxy groups -OCH3 is 1. The Kier molecular flexibility index (Phi) is 4.57. The van der Waals surface area contributed by atoms with Crippen molar-refractivity contribution in [2.24, 2.45) is 0 Å². The monoisotopic (exact) mass is 326 g/mol. The number of rotatable bonds is 4. The molecule has 3 rings (SSSR count). The molecule has 2 aromatic carbocycles. The van der Waals surface area contributed by atoms with Crippen molar-refractivity contribution in [2.75, 3.05) is 7.11 Å². The van der Waals surface area contributed by atoms with E-state index in [-0.39, 0.29) is 4.92 Å². The Morgan fingerprint density at radius 1 is 1.04 bits per heavy atom. The van der Waals surface area contributed by atoms with Gasteiger partial charge in [0.2, 0.25) is 6.04 Å². The average Bonchev–Trinajstić information content (AvgIpc) is 3.03. The Hall–Kier alpha value is -2.73. The van der Waals surface area contributed by atoms with Gasteiger partial charge in [-0.2, -0.15) is 0 Å². The van der Waals surface area contributed by atoms with Gasteiger partial charge in [0.25, 0.3) is 0 Å². The first-order valence-electron chi connectivity index (χ1n) is 7.70. The molecule has 0 unspecified atom stereocenters. The molecule has 0 aromatic heterocycles. The molecule has 0 aliphatic carbocycles. The maximum atomic E-state index is 12.2. The SMILES string of the molecule is COC(=O)[C@@H]1N[C@@H](c2ccccc2)[C@H]([N+](=O)[O-])[C@H]1c1ccccc1. The number of nitro groups is 1. The van der Waals surface area contributed by atoms with E-state index in [0.29, 0.717) is 0 Å². The fourth-order valence-corrected chi connectivity index (χ4v) is 3.41. The van der Waals surface area contributed by atoms with Crippen molar-refractivity contribution in [3.8, 4) is 0 Å². The summed E-state index contributed by atoms with van der Waals surface area (Å²) in [5.41, 5.74) is 1.53. The summed E-state index contributed by atoms with van der Waals surface area (Å²) < 4.78 is 4.87. The lowest BCUT2D eigenvalue weighted by Crippen LogP contribution is -2.37. The van der Waals surface area contributed by atoms with Gasteiger partial charge in [-0.3, -0.25) is 20.2 Å². The number of hydrogen-bond donors (Lipinski definition) is 1. The molecule has 0 radical (unpaired) electrons. The Bertz CT molecular complexity index is 720. The Morgan fingerprint density at radius 2 is 1.58 bits per heavy atom. The van der Waals surface area contributed by atoms with Crippen molar-refractivity contribution in [3.63, 3.8) is 0 Å². The lowest BCUT2D eigenvalue weighted by Gasteiger charge is -2.19. The number of carbonyl (C=O) groups is 1. The minimum Gasteiger partial charge on any atom is -0.468 e. The van der Waals surface area contributed by atoms with Crippen molar-refractivity contribution in [3.05, 3.63) is 81.9 Å². The Morgan fingerprint density at radius 3 is 2.08 bits per heavy atom. The van der Waals surface area contributed by atoms with E-state index < -0.39 is 30.0 Å². The highest BCUT2D eigenvalue weighted by molar-refractivity contribution is 5.78. The number of esters is 1. The van der Waals surface area contributed by atoms with Crippen LogP contribution in [0.5, 0.6) is 0 Å². The number of nitrogens with zero attached hydrogens (tertiary/aromatic N) is 1. The number of benzene rings is 2. The van der Waals surface area contributed by atoms with Crippen LogP contribution in [0.25, 0.3) is 0 Å². The highest BCUT2D eigenvalue weighted by atomic mass is 16.6. The van der Waals surface area contributed by atoms with Gasteiger partial charge >= 0.3 is 5.97 Å². The maximum Gasteiger partial charge on any atom is 0.323 e. The van der Waals surface area contributed by atoms with Gasteiger partial charge in [0.05, 0.1) is 13.0 Å². The quantitative estimate of drug-likeness (QED) is 0.530. The Balaban J connectivity index is 2.07. The van der Waals surface area contributed by atoms with E-state index in [0.717, 1.165) is 11.1 Å². The van der Waals surface area contributed by atoms with Crippen LogP contribution in [0, 0.1) is 10.1 Å². The smallest absolute Gasteiger partial charge is 0.323 e. The van der Waals surface area contributed by atoms with Crippen molar-refractivity contribution in [1.29, 1.82) is 0 Å². The van der Waals surface area contributed by atoms with Crippen molar-refractivity contribution in [1.82, 2.24) is 5.32 Å². The molecular weight excluding hydrogens is 308 g/mol. The molecule has 6 heteroatoms. The van der Waals surface area contributed by atoms with Gasteiger partial charge in [-0.15, -0.1) is 0 Å². The lowest BCUT2D eigenvalue weighted by atomic mass is 9.85. The molecule has 0 amide bonds. The van der Waals surface area contributed by atoms with E-state index in [1.807, 2.05) is 60.7 Å². The van der Waals surface area contributed by atoms with Gasteiger partial charge in [0.15, 0.2) is 0 Å². The molecule has 0 saturated carbocycles. The molecule has 1 heterocycles. The third-order valence-electron chi connectivity index (χ3n) is 4.47. The maximum absolute atomic E-state index is 12.2. The fourth-order valence-electron chi connectivity index (χ4n) is 3.41. The van der Waals surface area contributed by atoms with Crippen molar-refractivity contribution in [2.45, 2.75) is 24.0 Å². The molecular formula is C18H18N2O4. The summed E-state index contributed by atoms with van der Waals surface area (Å²) >= 11 is 0. The number of hydrogen-bond acceptors (Lipinski definition) is 5. The van der Waals surface area contributed by atoms with Gasteiger partial charge < -0.3 is 4.74 Å². The molecule has 1 fully saturated rings. The largest absolute Gasteiger partial charge is 0.468 e. The molecule has 6 nitrogen and oxygen atoms in total. The van der Waals surface area contributed by atoms with Crippen molar-refractivity contribution < 1.29 is 14.5 Å². The zero-order valence-electron chi connectivity index (χ0n) is 13.2. The van der Waals surface area contributed by atoms with Crippen LogP contribution in [-0.2, 0) is 9.53 Å². The van der Waals surface area contributed by atoms with Gasteiger partial charge in [0, 0.05) is 4.92 Å². The van der Waals surface area contributed by atoms with E-state index in [2.05, 4.69) is 5.32 Å². The minimum absolute atomic E-state index is 0.300. The van der Waals surface area contributed by atoms with Crippen molar-refractivity contribution >= 4 is 5.97 Å². The summed E-state index contributed by atoms with van der Waals surface area (Å²) in [6.07, 6.45) is 0. The van der Waals surface area contributed by atoms with Gasteiger partial charge in [-0.1, -0.05) is 60.7 Å². The first kappa shape index (κ1) is 16.1. The highest BCUT2D eigenvalue weighted by Crippen LogP contribution is 2.40. The summed E-state index contributed by atoms with van der Waals surface area (Å²) in [5, 5.41) is 15.0. The van der Waals surface area contributed by atoms with E-state index in [1.54, 1.807) is 0 Å². The van der Waals surface area contributed by atoms with Gasteiger partial charge in [-0.05, 0) is 11.1 Å². The summed E-state index contributed by atoms with van der Waals surface area (Å²) in [5.74, 6) is -1.09. The molecule has 4 atom stereocenters. The molecule has 1 aliphatic rings. The van der Waals surface area contributed by atoms with E-state index >= 15 is 0 Å². The second-order valence-corrected chi connectivity index (χ2v) is 5.77. The third-order valence-corrected chi connectivity index (χ3v) is 4.47. The van der Waals surface area contributed by atoms with Crippen LogP contribution < -0.4 is 5.32 Å². The van der Waals surface area contributed by atoms with E-state index in [1.165, 1.54) is 7.11 Å². The lowest BCUT2D eigenvalue weighted by molar-refractivity contribution is -0.527. The molecule has 1 saturated heterocycles. The summed E-state index contributed by atoms with van der Waals surface area (Å²) in [6.45, 7) is 0. The number of nitrogens with one attached hydrogen (secondary N) is 1. The Labute approximate surface area is 139 Å². The van der Waals surface area contributed by atoms with Crippen LogP contribution in [0.4, 0.5) is 0 Å². The second kappa shape index (κ2) is 6.80. The van der Waals surface area contributed by atoms with E-state index in [9.17, 15) is 14.9 Å². The minimum atomic E-state index is -0.959. The predicted octanol–water partition coefficient (Wildman–Crippen LogP) is 2.30. The van der Waals surface area contributed by atoms with Crippen LogP contribution in [0.15, 0.2) is 60.7 Å². The standard InChI is InChI=1S/C18H18N2O4/c1-24-18(21)16-14(12-8-4-2-5-9-12)17(20(22)23)15(19-16)13-10-6-3-7-11-13/h2-11,14-17,19H,1H3/t14-,15-,16+,17+/m0/s1. The van der Waals surface area contributed by atoms with Crippen LogP contribution in [0.2, 0.25) is 0 Å². The highest BCUT2D eigenvalue weighted by Gasteiger charge is 2.54. The zero-order chi connectivity index (χ0) is 17.1.